The third-order valence-corrected chi connectivity index (χ3v) is 2.81. The van der Waals surface area contributed by atoms with Crippen molar-refractivity contribution < 1.29 is 14.3 Å². The summed E-state index contributed by atoms with van der Waals surface area (Å²) < 4.78 is 10.6. The predicted molar refractivity (Wildman–Crippen MR) is 58.8 cm³/mol. The molecule has 0 bridgehead atoms. The van der Waals surface area contributed by atoms with E-state index in [1.165, 1.54) is 12.8 Å². The molecular formula is C12H22O3. The Bertz CT molecular complexity index is 185. The number of ketones is 1. The number of rotatable bonds is 7. The van der Waals surface area contributed by atoms with Crippen molar-refractivity contribution in [2.45, 2.75) is 33.1 Å². The lowest BCUT2D eigenvalue weighted by Crippen LogP contribution is -2.21. The monoisotopic (exact) mass is 214 g/mol. The fraction of sp³-hybridized carbons (Fsp3) is 0.917. The number of Topliss-reactive ketones (excluding diaryl/α,β-unsaturated/α-hetero) is 1. The quantitative estimate of drug-likeness (QED) is 0.650. The second-order valence-corrected chi connectivity index (χ2v) is 4.44. The highest BCUT2D eigenvalue weighted by atomic mass is 16.5. The van der Waals surface area contributed by atoms with E-state index in [4.69, 9.17) is 9.47 Å². The van der Waals surface area contributed by atoms with Crippen LogP contribution in [0.5, 0.6) is 0 Å². The summed E-state index contributed by atoms with van der Waals surface area (Å²) in [4.78, 5) is 11.6. The third-order valence-electron chi connectivity index (χ3n) is 2.81. The fourth-order valence-electron chi connectivity index (χ4n) is 1.84. The molecule has 88 valence electrons. The van der Waals surface area contributed by atoms with Crippen LogP contribution in [0.1, 0.15) is 33.1 Å². The van der Waals surface area contributed by atoms with Gasteiger partial charge in [-0.25, -0.2) is 0 Å². The Labute approximate surface area is 92.1 Å². The molecule has 0 aromatic rings. The van der Waals surface area contributed by atoms with Gasteiger partial charge >= 0.3 is 0 Å². The van der Waals surface area contributed by atoms with Crippen LogP contribution in [0.3, 0.4) is 0 Å². The van der Waals surface area contributed by atoms with E-state index < -0.39 is 0 Å². The summed E-state index contributed by atoms with van der Waals surface area (Å²) in [5, 5.41) is 0. The molecule has 1 aliphatic heterocycles. The third kappa shape index (κ3) is 4.76. The van der Waals surface area contributed by atoms with Crippen LogP contribution in [-0.4, -0.2) is 32.2 Å². The number of carbonyl (C=O) groups is 1. The average molecular weight is 214 g/mol. The molecule has 1 fully saturated rings. The SMILES string of the molecule is CCCC(C)COCC(=O)C1CCOC1. The molecule has 0 saturated carbocycles. The molecule has 2 atom stereocenters. The molecule has 1 rings (SSSR count). The number of hydrogen-bond donors (Lipinski definition) is 0. The zero-order valence-corrected chi connectivity index (χ0v) is 9.83. The lowest BCUT2D eigenvalue weighted by atomic mass is 10.0. The first kappa shape index (κ1) is 12.7. The minimum absolute atomic E-state index is 0.0893. The fourth-order valence-corrected chi connectivity index (χ4v) is 1.84. The summed E-state index contributed by atoms with van der Waals surface area (Å²) in [6, 6.07) is 0. The Morgan fingerprint density at radius 2 is 2.40 bits per heavy atom. The second kappa shape index (κ2) is 6.96. The van der Waals surface area contributed by atoms with E-state index in [1.54, 1.807) is 0 Å². The van der Waals surface area contributed by atoms with Crippen LogP contribution >= 0.6 is 0 Å². The van der Waals surface area contributed by atoms with Gasteiger partial charge in [0.15, 0.2) is 5.78 Å². The summed E-state index contributed by atoms with van der Waals surface area (Å²) in [5.41, 5.74) is 0. The Balaban J connectivity index is 2.06. The zero-order valence-electron chi connectivity index (χ0n) is 9.83. The van der Waals surface area contributed by atoms with Crippen molar-refractivity contribution in [1.82, 2.24) is 0 Å². The van der Waals surface area contributed by atoms with Crippen LogP contribution in [0.15, 0.2) is 0 Å². The van der Waals surface area contributed by atoms with Crippen molar-refractivity contribution in [3.63, 3.8) is 0 Å². The van der Waals surface area contributed by atoms with Crippen molar-refractivity contribution in [3.8, 4) is 0 Å². The van der Waals surface area contributed by atoms with E-state index in [9.17, 15) is 4.79 Å². The molecule has 3 nitrogen and oxygen atoms in total. The Morgan fingerprint density at radius 3 is 3.00 bits per heavy atom. The minimum atomic E-state index is 0.0893. The van der Waals surface area contributed by atoms with Crippen LogP contribution in [0.4, 0.5) is 0 Å². The normalized spacial score (nSPS) is 22.9. The van der Waals surface area contributed by atoms with Gasteiger partial charge in [-0.3, -0.25) is 4.79 Å². The molecule has 0 amide bonds. The standard InChI is InChI=1S/C12H22O3/c1-3-4-10(2)7-15-9-12(13)11-5-6-14-8-11/h10-11H,3-9H2,1-2H3. The first-order chi connectivity index (χ1) is 7.24. The maximum atomic E-state index is 11.6. The van der Waals surface area contributed by atoms with E-state index in [2.05, 4.69) is 13.8 Å². The Morgan fingerprint density at radius 1 is 1.60 bits per heavy atom. The Kier molecular flexibility index (Phi) is 5.88. The molecule has 0 aromatic heterocycles. The molecule has 0 radical (unpaired) electrons. The van der Waals surface area contributed by atoms with Crippen LogP contribution in [0.25, 0.3) is 0 Å². The number of hydrogen-bond acceptors (Lipinski definition) is 3. The van der Waals surface area contributed by atoms with Gasteiger partial charge in [-0.15, -0.1) is 0 Å². The van der Waals surface area contributed by atoms with Gasteiger partial charge in [0.05, 0.1) is 6.61 Å². The zero-order chi connectivity index (χ0) is 11.1. The molecule has 2 unspecified atom stereocenters. The van der Waals surface area contributed by atoms with Gasteiger partial charge in [-0.1, -0.05) is 20.3 Å². The van der Waals surface area contributed by atoms with Gasteiger partial charge < -0.3 is 9.47 Å². The van der Waals surface area contributed by atoms with Crippen molar-refractivity contribution in [2.24, 2.45) is 11.8 Å². The maximum Gasteiger partial charge on any atom is 0.163 e. The highest BCUT2D eigenvalue weighted by Gasteiger charge is 2.23. The highest BCUT2D eigenvalue weighted by molar-refractivity contribution is 5.82. The lowest BCUT2D eigenvalue weighted by molar-refractivity contribution is -0.127. The van der Waals surface area contributed by atoms with Gasteiger partial charge in [-0.05, 0) is 18.8 Å². The van der Waals surface area contributed by atoms with Gasteiger partial charge in [0.1, 0.15) is 6.61 Å². The molecule has 0 N–H and O–H groups in total. The molecule has 1 saturated heterocycles. The molecule has 1 heterocycles. The van der Waals surface area contributed by atoms with Crippen LogP contribution in [0, 0.1) is 11.8 Å². The molecular weight excluding hydrogens is 192 g/mol. The van der Waals surface area contributed by atoms with Crippen LogP contribution in [-0.2, 0) is 14.3 Å². The summed E-state index contributed by atoms with van der Waals surface area (Å²) in [5.74, 6) is 0.852. The van der Waals surface area contributed by atoms with Crippen molar-refractivity contribution >= 4 is 5.78 Å². The van der Waals surface area contributed by atoms with Gasteiger partial charge in [0.2, 0.25) is 0 Å². The van der Waals surface area contributed by atoms with E-state index in [1.807, 2.05) is 0 Å². The Hall–Kier alpha value is -0.410. The highest BCUT2D eigenvalue weighted by Crippen LogP contribution is 2.13. The lowest BCUT2D eigenvalue weighted by Gasteiger charge is -2.11. The molecule has 0 aliphatic carbocycles. The first-order valence-electron chi connectivity index (χ1n) is 5.92. The topological polar surface area (TPSA) is 35.5 Å². The van der Waals surface area contributed by atoms with E-state index in [0.717, 1.165) is 13.0 Å². The summed E-state index contributed by atoms with van der Waals surface area (Å²) in [6.45, 7) is 6.61. The minimum Gasteiger partial charge on any atom is -0.381 e. The molecule has 0 aromatic carbocycles. The summed E-state index contributed by atoms with van der Waals surface area (Å²) in [7, 11) is 0. The van der Waals surface area contributed by atoms with E-state index >= 15 is 0 Å². The second-order valence-electron chi connectivity index (χ2n) is 4.44. The van der Waals surface area contributed by atoms with Gasteiger partial charge in [0, 0.05) is 19.1 Å². The van der Waals surface area contributed by atoms with Gasteiger partial charge in [-0.2, -0.15) is 0 Å². The summed E-state index contributed by atoms with van der Waals surface area (Å²) in [6.07, 6.45) is 3.21. The van der Waals surface area contributed by atoms with Crippen LogP contribution < -0.4 is 0 Å². The summed E-state index contributed by atoms with van der Waals surface area (Å²) >= 11 is 0. The maximum absolute atomic E-state index is 11.6. The van der Waals surface area contributed by atoms with Crippen molar-refractivity contribution in [3.05, 3.63) is 0 Å². The molecule has 15 heavy (non-hydrogen) atoms. The predicted octanol–water partition coefficient (Wildman–Crippen LogP) is 2.04. The van der Waals surface area contributed by atoms with Gasteiger partial charge in [0.25, 0.3) is 0 Å². The largest absolute Gasteiger partial charge is 0.381 e. The molecule has 3 heteroatoms. The van der Waals surface area contributed by atoms with E-state index in [0.29, 0.717) is 19.1 Å². The van der Waals surface area contributed by atoms with Crippen LogP contribution in [0.2, 0.25) is 0 Å². The van der Waals surface area contributed by atoms with Crippen molar-refractivity contribution in [1.29, 1.82) is 0 Å². The molecule has 0 spiro atoms. The number of ether oxygens (including phenoxy) is 2. The average Bonchev–Trinajstić information content (AvgIpc) is 2.70. The number of carbonyl (C=O) groups excluding carboxylic acids is 1. The smallest absolute Gasteiger partial charge is 0.163 e. The molecule has 1 aliphatic rings. The first-order valence-corrected chi connectivity index (χ1v) is 5.92. The van der Waals surface area contributed by atoms with E-state index in [-0.39, 0.29) is 18.3 Å². The van der Waals surface area contributed by atoms with Crippen molar-refractivity contribution in [2.75, 3.05) is 26.4 Å².